The molecule has 0 aromatic heterocycles. The fourth-order valence-corrected chi connectivity index (χ4v) is 7.44. The van der Waals surface area contributed by atoms with Gasteiger partial charge in [0.05, 0.1) is 5.41 Å². The summed E-state index contributed by atoms with van der Waals surface area (Å²) < 4.78 is 6.50. The molecule has 0 saturated carbocycles. The summed E-state index contributed by atoms with van der Waals surface area (Å²) in [4.78, 5) is 0. The Balaban J connectivity index is 1.42. The molecule has 0 N–H and O–H groups in total. The van der Waals surface area contributed by atoms with Crippen molar-refractivity contribution in [2.24, 2.45) is 0 Å². The van der Waals surface area contributed by atoms with E-state index in [1.165, 1.54) is 55.6 Å². The van der Waals surface area contributed by atoms with Gasteiger partial charge in [0.1, 0.15) is 11.5 Å². The van der Waals surface area contributed by atoms with Crippen molar-refractivity contribution in [3.63, 3.8) is 0 Å². The van der Waals surface area contributed by atoms with Gasteiger partial charge in [-0.3, -0.25) is 0 Å². The molecular weight excluding hydrogens is 496 g/mol. The SMILES string of the molecule is CC1(C)c2ccccc2Oc2cccc(-c3ccc4c(c3)C(c3ccccc3)(c3ccccc3)c3ccccc3-4)c21. The van der Waals surface area contributed by atoms with Crippen molar-refractivity contribution in [2.75, 3.05) is 0 Å². The fraction of sp³-hybridized carbons (Fsp3) is 0.100. The molecule has 6 aromatic rings. The Hall–Kier alpha value is -4.88. The summed E-state index contributed by atoms with van der Waals surface area (Å²) in [6.07, 6.45) is 0. The monoisotopic (exact) mass is 526 g/mol. The summed E-state index contributed by atoms with van der Waals surface area (Å²) >= 11 is 0. The Morgan fingerprint density at radius 1 is 0.439 bits per heavy atom. The van der Waals surface area contributed by atoms with Crippen LogP contribution in [-0.4, -0.2) is 0 Å². The van der Waals surface area contributed by atoms with Crippen molar-refractivity contribution in [3.8, 4) is 33.8 Å². The number of hydrogen-bond acceptors (Lipinski definition) is 1. The minimum absolute atomic E-state index is 0.210. The van der Waals surface area contributed by atoms with E-state index in [9.17, 15) is 0 Å². The lowest BCUT2D eigenvalue weighted by Crippen LogP contribution is -2.28. The van der Waals surface area contributed by atoms with Crippen molar-refractivity contribution in [2.45, 2.75) is 24.7 Å². The van der Waals surface area contributed by atoms with Gasteiger partial charge in [0, 0.05) is 16.5 Å². The molecule has 41 heavy (non-hydrogen) atoms. The zero-order valence-electron chi connectivity index (χ0n) is 23.3. The smallest absolute Gasteiger partial charge is 0.132 e. The molecule has 2 aliphatic rings. The van der Waals surface area contributed by atoms with Crippen molar-refractivity contribution in [3.05, 3.63) is 179 Å². The standard InChI is InChI=1S/C40H30O/c1-39(2)34-21-11-12-22-36(34)41-37-23-13-19-30(38(37)39)27-24-25-32-31-18-9-10-20-33(31)40(35(32)26-27,28-14-5-3-6-15-28)29-16-7-4-8-17-29/h3-26H,1-2H3. The second-order valence-corrected chi connectivity index (χ2v) is 11.7. The zero-order chi connectivity index (χ0) is 27.6. The number of para-hydroxylation sites is 1. The molecule has 0 bridgehead atoms. The van der Waals surface area contributed by atoms with Crippen LogP contribution >= 0.6 is 0 Å². The number of hydrogen-bond donors (Lipinski definition) is 0. The average molecular weight is 527 g/mol. The molecule has 1 aliphatic carbocycles. The lowest BCUT2D eigenvalue weighted by atomic mass is 9.67. The van der Waals surface area contributed by atoms with Crippen LogP contribution in [0.1, 0.15) is 47.2 Å². The molecule has 0 radical (unpaired) electrons. The maximum absolute atomic E-state index is 6.50. The third-order valence-corrected chi connectivity index (χ3v) is 9.20. The van der Waals surface area contributed by atoms with Crippen molar-refractivity contribution < 1.29 is 4.74 Å². The molecule has 1 heteroatoms. The molecule has 0 atom stereocenters. The minimum Gasteiger partial charge on any atom is -0.457 e. The molecule has 1 nitrogen and oxygen atoms in total. The van der Waals surface area contributed by atoms with Crippen molar-refractivity contribution in [1.29, 1.82) is 0 Å². The van der Waals surface area contributed by atoms with Gasteiger partial charge < -0.3 is 4.74 Å². The van der Waals surface area contributed by atoms with E-state index in [1.807, 2.05) is 0 Å². The second kappa shape index (κ2) is 8.81. The largest absolute Gasteiger partial charge is 0.457 e. The Morgan fingerprint density at radius 3 is 1.73 bits per heavy atom. The highest BCUT2D eigenvalue weighted by Gasteiger charge is 2.46. The number of rotatable bonds is 3. The van der Waals surface area contributed by atoms with Gasteiger partial charge >= 0.3 is 0 Å². The maximum Gasteiger partial charge on any atom is 0.132 e. The third kappa shape index (κ3) is 3.30. The zero-order valence-corrected chi connectivity index (χ0v) is 23.3. The number of benzene rings is 6. The molecule has 1 heterocycles. The number of ether oxygens (including phenoxy) is 1. The summed E-state index contributed by atoms with van der Waals surface area (Å²) in [7, 11) is 0. The minimum atomic E-state index is -0.419. The maximum atomic E-state index is 6.50. The van der Waals surface area contributed by atoms with Crippen LogP contribution in [0.2, 0.25) is 0 Å². The van der Waals surface area contributed by atoms with E-state index in [0.29, 0.717) is 0 Å². The first-order valence-electron chi connectivity index (χ1n) is 14.4. The van der Waals surface area contributed by atoms with Crippen LogP contribution < -0.4 is 4.74 Å². The normalized spacial score (nSPS) is 15.2. The predicted molar refractivity (Wildman–Crippen MR) is 168 cm³/mol. The van der Waals surface area contributed by atoms with Gasteiger partial charge in [-0.2, -0.15) is 0 Å². The van der Waals surface area contributed by atoms with E-state index in [1.54, 1.807) is 0 Å². The topological polar surface area (TPSA) is 9.23 Å². The van der Waals surface area contributed by atoms with Gasteiger partial charge in [-0.05, 0) is 62.7 Å². The average Bonchev–Trinajstić information content (AvgIpc) is 3.32. The first-order chi connectivity index (χ1) is 20.1. The molecule has 6 aromatic carbocycles. The molecule has 0 spiro atoms. The van der Waals surface area contributed by atoms with Gasteiger partial charge in [0.15, 0.2) is 0 Å². The summed E-state index contributed by atoms with van der Waals surface area (Å²) in [6.45, 7) is 4.64. The van der Waals surface area contributed by atoms with Crippen molar-refractivity contribution in [1.82, 2.24) is 0 Å². The van der Waals surface area contributed by atoms with Crippen molar-refractivity contribution >= 4 is 0 Å². The first kappa shape index (κ1) is 24.0. The van der Waals surface area contributed by atoms with E-state index in [2.05, 4.69) is 159 Å². The molecule has 196 valence electrons. The van der Waals surface area contributed by atoms with Crippen LogP contribution in [0.15, 0.2) is 146 Å². The molecule has 0 fully saturated rings. The quantitative estimate of drug-likeness (QED) is 0.223. The fourth-order valence-electron chi connectivity index (χ4n) is 7.44. The highest BCUT2D eigenvalue weighted by Crippen LogP contribution is 2.57. The molecule has 1 aliphatic heterocycles. The molecule has 0 unspecified atom stereocenters. The lowest BCUT2D eigenvalue weighted by Gasteiger charge is -2.36. The van der Waals surface area contributed by atoms with Gasteiger partial charge in [-0.25, -0.2) is 0 Å². The first-order valence-corrected chi connectivity index (χ1v) is 14.4. The van der Waals surface area contributed by atoms with E-state index in [4.69, 9.17) is 4.74 Å². The van der Waals surface area contributed by atoms with Crippen LogP contribution in [0, 0.1) is 0 Å². The Morgan fingerprint density at radius 2 is 1.00 bits per heavy atom. The highest BCUT2D eigenvalue weighted by atomic mass is 16.5. The van der Waals surface area contributed by atoms with E-state index in [-0.39, 0.29) is 5.41 Å². The molecular formula is C40H30O. The van der Waals surface area contributed by atoms with Gasteiger partial charge in [0.2, 0.25) is 0 Å². The van der Waals surface area contributed by atoms with Crippen LogP contribution in [0.5, 0.6) is 11.5 Å². The third-order valence-electron chi connectivity index (χ3n) is 9.20. The highest BCUT2D eigenvalue weighted by molar-refractivity contribution is 5.89. The predicted octanol–water partition coefficient (Wildman–Crippen LogP) is 10.1. The second-order valence-electron chi connectivity index (χ2n) is 11.7. The van der Waals surface area contributed by atoms with Gasteiger partial charge in [-0.1, -0.05) is 141 Å². The van der Waals surface area contributed by atoms with E-state index < -0.39 is 5.41 Å². The van der Waals surface area contributed by atoms with Crippen LogP contribution in [0.25, 0.3) is 22.3 Å². The Labute approximate surface area is 241 Å². The van der Waals surface area contributed by atoms with E-state index in [0.717, 1.165) is 11.5 Å². The summed E-state index contributed by atoms with van der Waals surface area (Å²) in [5.41, 5.74) is 12.1. The summed E-state index contributed by atoms with van der Waals surface area (Å²) in [6, 6.07) is 52.9. The van der Waals surface area contributed by atoms with Crippen LogP contribution in [-0.2, 0) is 10.8 Å². The van der Waals surface area contributed by atoms with E-state index >= 15 is 0 Å². The van der Waals surface area contributed by atoms with Crippen LogP contribution in [0.3, 0.4) is 0 Å². The van der Waals surface area contributed by atoms with Crippen LogP contribution in [0.4, 0.5) is 0 Å². The van der Waals surface area contributed by atoms with Gasteiger partial charge in [-0.15, -0.1) is 0 Å². The summed E-state index contributed by atoms with van der Waals surface area (Å²) in [5.74, 6) is 1.88. The number of fused-ring (bicyclic) bond motifs is 5. The lowest BCUT2D eigenvalue weighted by molar-refractivity contribution is 0.419. The molecule has 0 amide bonds. The summed E-state index contributed by atoms with van der Waals surface area (Å²) in [5, 5.41) is 0. The van der Waals surface area contributed by atoms with Gasteiger partial charge in [0.25, 0.3) is 0 Å². The Kier molecular flexibility index (Phi) is 5.15. The Bertz CT molecular complexity index is 1890. The molecule has 0 saturated heterocycles. The molecule has 8 rings (SSSR count).